The van der Waals surface area contributed by atoms with Gasteiger partial charge in [0.05, 0.1) is 4.34 Å². The maximum atomic E-state index is 12.2. The van der Waals surface area contributed by atoms with E-state index in [9.17, 15) is 13.2 Å². The van der Waals surface area contributed by atoms with Crippen LogP contribution in [0.15, 0.2) is 35.2 Å². The minimum Gasteiger partial charge on any atom is -0.294 e. The highest BCUT2D eigenvalue weighted by atomic mass is 35.5. The number of nitrogens with one attached hydrogen (secondary N) is 1. The summed E-state index contributed by atoms with van der Waals surface area (Å²) in [6, 6.07) is 7.58. The van der Waals surface area contributed by atoms with Gasteiger partial charge in [0.15, 0.2) is 5.78 Å². The van der Waals surface area contributed by atoms with Crippen molar-refractivity contribution in [3.05, 3.63) is 44.6 Å². The number of ketones is 1. The molecule has 0 aliphatic rings. The first-order valence-corrected chi connectivity index (χ1v) is 9.50. The molecule has 8 heteroatoms. The Morgan fingerprint density at radius 2 is 1.86 bits per heavy atom. The third-order valence-electron chi connectivity index (χ3n) is 2.85. The third-order valence-corrected chi connectivity index (χ3v) is 5.99. The maximum Gasteiger partial charge on any atom is 0.264 e. The lowest BCUT2D eigenvalue weighted by Gasteiger charge is -2.07. The second kappa shape index (κ2) is 7.00. The van der Waals surface area contributed by atoms with Crippen LogP contribution in [0.4, 0.5) is 5.69 Å². The van der Waals surface area contributed by atoms with Crippen molar-refractivity contribution in [3.8, 4) is 0 Å². The molecule has 0 saturated heterocycles. The van der Waals surface area contributed by atoms with E-state index in [4.69, 9.17) is 23.2 Å². The number of hydrogen-bond acceptors (Lipinski definition) is 4. The molecule has 118 valence electrons. The molecule has 0 bridgehead atoms. The van der Waals surface area contributed by atoms with E-state index in [0.717, 1.165) is 17.8 Å². The molecule has 1 heterocycles. The van der Waals surface area contributed by atoms with Gasteiger partial charge in [0.2, 0.25) is 0 Å². The van der Waals surface area contributed by atoms with Crippen LogP contribution in [0.5, 0.6) is 0 Å². The summed E-state index contributed by atoms with van der Waals surface area (Å²) in [5.41, 5.74) is 0.910. The smallest absolute Gasteiger partial charge is 0.264 e. The summed E-state index contributed by atoms with van der Waals surface area (Å²) >= 11 is 12.6. The Morgan fingerprint density at radius 1 is 1.23 bits per heavy atom. The summed E-state index contributed by atoms with van der Waals surface area (Å²) in [5.74, 6) is 0.0320. The fraction of sp³-hybridized carbons (Fsp3) is 0.214. The molecular formula is C14H13Cl2NO3S2. The molecule has 1 aromatic heterocycles. The van der Waals surface area contributed by atoms with Gasteiger partial charge in [0.1, 0.15) is 9.23 Å². The van der Waals surface area contributed by atoms with Crippen molar-refractivity contribution in [2.24, 2.45) is 0 Å². The number of thiophene rings is 1. The SMILES string of the molecule is CCCC(=O)c1ccc(NS(=O)(=O)c2cc(Cl)sc2Cl)cc1. The summed E-state index contributed by atoms with van der Waals surface area (Å²) in [7, 11) is -3.81. The molecule has 0 spiro atoms. The second-order valence-electron chi connectivity index (χ2n) is 4.54. The van der Waals surface area contributed by atoms with E-state index < -0.39 is 10.0 Å². The van der Waals surface area contributed by atoms with Gasteiger partial charge < -0.3 is 0 Å². The monoisotopic (exact) mass is 377 g/mol. The van der Waals surface area contributed by atoms with E-state index in [1.807, 2.05) is 6.92 Å². The molecule has 0 saturated carbocycles. The van der Waals surface area contributed by atoms with Crippen LogP contribution < -0.4 is 4.72 Å². The first-order valence-electron chi connectivity index (χ1n) is 6.44. The van der Waals surface area contributed by atoms with Crippen molar-refractivity contribution in [3.63, 3.8) is 0 Å². The van der Waals surface area contributed by atoms with Gasteiger partial charge in [-0.2, -0.15) is 0 Å². The molecule has 0 fully saturated rings. The molecule has 2 rings (SSSR count). The largest absolute Gasteiger partial charge is 0.294 e. The van der Waals surface area contributed by atoms with Gasteiger partial charge in [-0.3, -0.25) is 9.52 Å². The maximum absolute atomic E-state index is 12.2. The summed E-state index contributed by atoms with van der Waals surface area (Å²) < 4.78 is 27.3. The number of Topliss-reactive ketones (excluding diaryl/α,β-unsaturated/α-hetero) is 1. The number of sulfonamides is 1. The molecular weight excluding hydrogens is 365 g/mol. The van der Waals surface area contributed by atoms with Crippen LogP contribution in [-0.2, 0) is 10.0 Å². The molecule has 2 aromatic rings. The summed E-state index contributed by atoms with van der Waals surface area (Å²) in [5, 5.41) is 0. The van der Waals surface area contributed by atoms with Crippen molar-refractivity contribution in [2.75, 3.05) is 4.72 Å². The predicted molar refractivity (Wildman–Crippen MR) is 90.8 cm³/mol. The van der Waals surface area contributed by atoms with Crippen molar-refractivity contribution < 1.29 is 13.2 Å². The number of benzene rings is 1. The van der Waals surface area contributed by atoms with E-state index in [1.165, 1.54) is 6.07 Å². The molecule has 1 N–H and O–H groups in total. The lowest BCUT2D eigenvalue weighted by atomic mass is 10.1. The van der Waals surface area contributed by atoms with Crippen molar-refractivity contribution in [2.45, 2.75) is 24.7 Å². The third kappa shape index (κ3) is 4.01. The fourth-order valence-corrected chi connectivity index (χ4v) is 5.02. The van der Waals surface area contributed by atoms with Gasteiger partial charge in [-0.1, -0.05) is 30.1 Å². The average Bonchev–Trinajstić information content (AvgIpc) is 2.79. The Kier molecular flexibility index (Phi) is 5.50. The van der Waals surface area contributed by atoms with Crippen LogP contribution >= 0.6 is 34.5 Å². The minimum absolute atomic E-state index is 0.0320. The lowest BCUT2D eigenvalue weighted by Crippen LogP contribution is -2.12. The van der Waals surface area contributed by atoms with E-state index >= 15 is 0 Å². The number of carbonyl (C=O) groups excluding carboxylic acids is 1. The summed E-state index contributed by atoms with van der Waals surface area (Å²) in [6.07, 6.45) is 1.23. The first kappa shape index (κ1) is 17.3. The average molecular weight is 378 g/mol. The predicted octanol–water partition coefficient (Wildman–Crippen LogP) is 4.84. The first-order chi connectivity index (χ1) is 10.3. The minimum atomic E-state index is -3.81. The van der Waals surface area contributed by atoms with Crippen LogP contribution in [-0.4, -0.2) is 14.2 Å². The molecule has 0 aliphatic heterocycles. The Bertz CT molecular complexity index is 783. The fourth-order valence-electron chi connectivity index (χ4n) is 1.81. The lowest BCUT2D eigenvalue weighted by molar-refractivity contribution is 0.0982. The van der Waals surface area contributed by atoms with E-state index in [-0.39, 0.29) is 15.0 Å². The van der Waals surface area contributed by atoms with E-state index in [2.05, 4.69) is 4.72 Å². The second-order valence-corrected chi connectivity index (χ2v) is 8.48. The molecule has 0 radical (unpaired) electrons. The number of anilines is 1. The number of halogens is 2. The van der Waals surface area contributed by atoms with Crippen molar-refractivity contribution in [1.29, 1.82) is 0 Å². The van der Waals surface area contributed by atoms with Crippen molar-refractivity contribution in [1.82, 2.24) is 0 Å². The highest BCUT2D eigenvalue weighted by molar-refractivity contribution is 7.93. The zero-order valence-electron chi connectivity index (χ0n) is 11.6. The molecule has 22 heavy (non-hydrogen) atoms. The van der Waals surface area contributed by atoms with Gasteiger partial charge in [-0.25, -0.2) is 8.42 Å². The van der Waals surface area contributed by atoms with Crippen LogP contribution in [0.3, 0.4) is 0 Å². The van der Waals surface area contributed by atoms with Gasteiger partial charge in [0, 0.05) is 17.7 Å². The molecule has 1 aromatic carbocycles. The number of carbonyl (C=O) groups is 1. The molecule has 4 nitrogen and oxygen atoms in total. The molecule has 0 aliphatic carbocycles. The highest BCUT2D eigenvalue weighted by Crippen LogP contribution is 2.35. The topological polar surface area (TPSA) is 63.2 Å². The Balaban J connectivity index is 2.20. The Labute approximate surface area is 143 Å². The zero-order chi connectivity index (χ0) is 16.3. The highest BCUT2D eigenvalue weighted by Gasteiger charge is 2.21. The van der Waals surface area contributed by atoms with Gasteiger partial charge in [-0.05, 0) is 36.8 Å². The number of rotatable bonds is 6. The molecule has 0 atom stereocenters. The van der Waals surface area contributed by atoms with E-state index in [0.29, 0.717) is 22.0 Å². The quantitative estimate of drug-likeness (QED) is 0.732. The zero-order valence-corrected chi connectivity index (χ0v) is 14.7. The van der Waals surface area contributed by atoms with Crippen LogP contribution in [0.1, 0.15) is 30.1 Å². The number of hydrogen-bond donors (Lipinski definition) is 1. The Hall–Kier alpha value is -1.08. The van der Waals surface area contributed by atoms with Crippen LogP contribution in [0.2, 0.25) is 8.67 Å². The van der Waals surface area contributed by atoms with Gasteiger partial charge >= 0.3 is 0 Å². The normalized spacial score (nSPS) is 11.4. The van der Waals surface area contributed by atoms with E-state index in [1.54, 1.807) is 24.3 Å². The molecule has 0 amide bonds. The summed E-state index contributed by atoms with van der Waals surface area (Å²) in [6.45, 7) is 1.93. The van der Waals surface area contributed by atoms with Crippen molar-refractivity contribution >= 4 is 56.0 Å². The van der Waals surface area contributed by atoms with Gasteiger partial charge in [-0.15, -0.1) is 11.3 Å². The van der Waals surface area contributed by atoms with Crippen LogP contribution in [0.25, 0.3) is 0 Å². The summed E-state index contributed by atoms with van der Waals surface area (Å²) in [4.78, 5) is 11.7. The standard InChI is InChI=1S/C14H13Cl2NO3S2/c1-2-3-11(18)9-4-6-10(7-5-9)17-22(19,20)12-8-13(15)21-14(12)16/h4-8,17H,2-3H2,1H3. The van der Waals surface area contributed by atoms with Crippen LogP contribution in [0, 0.1) is 0 Å². The Morgan fingerprint density at radius 3 is 2.36 bits per heavy atom. The van der Waals surface area contributed by atoms with Gasteiger partial charge in [0.25, 0.3) is 10.0 Å². The molecule has 0 unspecified atom stereocenters.